The van der Waals surface area contributed by atoms with Crippen molar-refractivity contribution < 1.29 is 13.6 Å². The smallest absolute Gasteiger partial charge is 0.277 e. The van der Waals surface area contributed by atoms with Crippen LogP contribution in [0.15, 0.2) is 36.5 Å². The first-order valence-corrected chi connectivity index (χ1v) is 7.56. The molecule has 4 nitrogen and oxygen atoms in total. The topological polar surface area (TPSA) is 54.0 Å². The van der Waals surface area contributed by atoms with Crippen LogP contribution in [-0.4, -0.2) is 24.0 Å². The van der Waals surface area contributed by atoms with Crippen molar-refractivity contribution >= 4 is 11.6 Å². The first-order chi connectivity index (χ1) is 11.1. The number of nitrogens with zero attached hydrogens (tertiary/aromatic N) is 1. The maximum Gasteiger partial charge on any atom is 0.277 e. The highest BCUT2D eigenvalue weighted by Gasteiger charge is 2.16. The zero-order valence-corrected chi connectivity index (χ0v) is 12.5. The van der Waals surface area contributed by atoms with Crippen LogP contribution in [0.3, 0.4) is 0 Å². The summed E-state index contributed by atoms with van der Waals surface area (Å²) in [6, 6.07) is 8.12. The van der Waals surface area contributed by atoms with Gasteiger partial charge in [0.15, 0.2) is 11.5 Å². The number of rotatable bonds is 3. The Morgan fingerprint density at radius 1 is 1.26 bits per heavy atom. The molecule has 6 heteroatoms. The van der Waals surface area contributed by atoms with Crippen LogP contribution in [0.1, 0.15) is 34.8 Å². The van der Waals surface area contributed by atoms with Gasteiger partial charge in [0.25, 0.3) is 5.91 Å². The molecule has 1 aliphatic rings. The largest absolute Gasteiger partial charge is 0.321 e. The number of hydrogen-bond donors (Lipinski definition) is 2. The average Bonchev–Trinajstić information content (AvgIpc) is 2.56. The van der Waals surface area contributed by atoms with Crippen molar-refractivity contribution in [1.82, 2.24) is 10.3 Å². The molecule has 0 bridgehead atoms. The molecule has 1 unspecified atom stereocenters. The average molecular weight is 317 g/mol. The Morgan fingerprint density at radius 2 is 2.04 bits per heavy atom. The van der Waals surface area contributed by atoms with Gasteiger partial charge in [0.05, 0.1) is 6.20 Å². The second-order valence-corrected chi connectivity index (χ2v) is 5.60. The lowest BCUT2D eigenvalue weighted by molar-refractivity contribution is 0.101. The molecule has 0 aliphatic carbocycles. The number of halogens is 2. The first kappa shape index (κ1) is 15.6. The zero-order chi connectivity index (χ0) is 16.2. The molecule has 1 aromatic carbocycles. The van der Waals surface area contributed by atoms with Crippen molar-refractivity contribution in [2.45, 2.75) is 18.8 Å². The molecule has 1 atom stereocenters. The SMILES string of the molecule is O=C(Nc1ccc(C2CCCNC2)cc1)c1ncc(F)cc1F. The Bertz CT molecular complexity index is 697. The van der Waals surface area contributed by atoms with Crippen molar-refractivity contribution in [3.8, 4) is 0 Å². The molecular weight excluding hydrogens is 300 g/mol. The summed E-state index contributed by atoms with van der Waals surface area (Å²) < 4.78 is 26.4. The van der Waals surface area contributed by atoms with E-state index in [1.807, 2.05) is 12.1 Å². The quantitative estimate of drug-likeness (QED) is 0.915. The summed E-state index contributed by atoms with van der Waals surface area (Å²) in [5.74, 6) is -2.02. The second kappa shape index (κ2) is 6.83. The molecule has 1 amide bonds. The van der Waals surface area contributed by atoms with E-state index in [0.29, 0.717) is 17.7 Å². The molecule has 1 aliphatic heterocycles. The first-order valence-electron chi connectivity index (χ1n) is 7.56. The van der Waals surface area contributed by atoms with E-state index in [-0.39, 0.29) is 0 Å². The molecule has 2 heterocycles. The molecule has 23 heavy (non-hydrogen) atoms. The maximum absolute atomic E-state index is 13.5. The monoisotopic (exact) mass is 317 g/mol. The van der Waals surface area contributed by atoms with Gasteiger partial charge in [-0.15, -0.1) is 0 Å². The van der Waals surface area contributed by atoms with E-state index in [9.17, 15) is 13.6 Å². The molecule has 120 valence electrons. The third-order valence-electron chi connectivity index (χ3n) is 3.96. The second-order valence-electron chi connectivity index (χ2n) is 5.60. The van der Waals surface area contributed by atoms with Gasteiger partial charge in [-0.2, -0.15) is 0 Å². The molecule has 1 aromatic heterocycles. The minimum absolute atomic E-state index is 0.424. The minimum Gasteiger partial charge on any atom is -0.321 e. The molecule has 1 saturated heterocycles. The number of anilines is 1. The maximum atomic E-state index is 13.5. The number of nitrogens with one attached hydrogen (secondary N) is 2. The molecule has 3 rings (SSSR count). The van der Waals surface area contributed by atoms with Gasteiger partial charge < -0.3 is 10.6 Å². The molecular formula is C17H17F2N3O. The summed E-state index contributed by atoms with van der Waals surface area (Å²) in [5.41, 5.74) is 1.33. The third kappa shape index (κ3) is 3.71. The zero-order valence-electron chi connectivity index (χ0n) is 12.5. The van der Waals surface area contributed by atoms with Gasteiger partial charge in [-0.1, -0.05) is 12.1 Å². The lowest BCUT2D eigenvalue weighted by Gasteiger charge is -2.23. The van der Waals surface area contributed by atoms with Crippen LogP contribution >= 0.6 is 0 Å². The van der Waals surface area contributed by atoms with Crippen LogP contribution in [0, 0.1) is 11.6 Å². The summed E-state index contributed by atoms with van der Waals surface area (Å²) in [4.78, 5) is 15.5. The molecule has 0 spiro atoms. The van der Waals surface area contributed by atoms with Crippen LogP contribution in [0.25, 0.3) is 0 Å². The van der Waals surface area contributed by atoms with Crippen molar-refractivity contribution in [3.63, 3.8) is 0 Å². The summed E-state index contributed by atoms with van der Waals surface area (Å²) in [6.45, 7) is 2.01. The van der Waals surface area contributed by atoms with Crippen molar-refractivity contribution in [1.29, 1.82) is 0 Å². The summed E-state index contributed by atoms with van der Waals surface area (Å²) >= 11 is 0. The highest BCUT2D eigenvalue weighted by Crippen LogP contribution is 2.24. The lowest BCUT2D eigenvalue weighted by atomic mass is 9.92. The number of hydrogen-bond acceptors (Lipinski definition) is 3. The molecule has 2 aromatic rings. The van der Waals surface area contributed by atoms with Crippen LogP contribution < -0.4 is 10.6 Å². The Hall–Kier alpha value is -2.34. The van der Waals surface area contributed by atoms with Gasteiger partial charge >= 0.3 is 0 Å². The fraction of sp³-hybridized carbons (Fsp3) is 0.294. The van der Waals surface area contributed by atoms with E-state index >= 15 is 0 Å². The molecule has 1 fully saturated rings. The van der Waals surface area contributed by atoms with Gasteiger partial charge in [-0.05, 0) is 43.0 Å². The normalized spacial score (nSPS) is 17.7. The summed E-state index contributed by atoms with van der Waals surface area (Å²) in [5, 5.41) is 5.93. The van der Waals surface area contributed by atoms with E-state index < -0.39 is 23.2 Å². The fourth-order valence-corrected chi connectivity index (χ4v) is 2.75. The van der Waals surface area contributed by atoms with E-state index in [1.54, 1.807) is 12.1 Å². The van der Waals surface area contributed by atoms with Crippen molar-refractivity contribution in [2.24, 2.45) is 0 Å². The number of amides is 1. The van der Waals surface area contributed by atoms with Crippen LogP contribution in [-0.2, 0) is 0 Å². The number of aromatic nitrogens is 1. The van der Waals surface area contributed by atoms with Gasteiger partial charge in [0.2, 0.25) is 0 Å². The van der Waals surface area contributed by atoms with E-state index in [2.05, 4.69) is 15.6 Å². The van der Waals surface area contributed by atoms with Crippen LogP contribution in [0.2, 0.25) is 0 Å². The fourth-order valence-electron chi connectivity index (χ4n) is 2.75. The number of piperidine rings is 1. The lowest BCUT2D eigenvalue weighted by Crippen LogP contribution is -2.28. The van der Waals surface area contributed by atoms with Crippen LogP contribution in [0.5, 0.6) is 0 Å². The number of benzene rings is 1. The van der Waals surface area contributed by atoms with Gasteiger partial charge in [0.1, 0.15) is 5.82 Å². The Balaban J connectivity index is 1.69. The molecule has 0 radical (unpaired) electrons. The Morgan fingerprint density at radius 3 is 2.70 bits per heavy atom. The van der Waals surface area contributed by atoms with Crippen LogP contribution in [0.4, 0.5) is 14.5 Å². The predicted molar refractivity (Wildman–Crippen MR) is 83.4 cm³/mol. The van der Waals surface area contributed by atoms with Gasteiger partial charge in [-0.25, -0.2) is 13.8 Å². The Labute approximate surface area is 132 Å². The highest BCUT2D eigenvalue weighted by molar-refractivity contribution is 6.03. The number of pyridine rings is 1. The molecule has 0 saturated carbocycles. The molecule has 2 N–H and O–H groups in total. The van der Waals surface area contributed by atoms with Gasteiger partial charge in [0, 0.05) is 18.3 Å². The third-order valence-corrected chi connectivity index (χ3v) is 3.96. The van der Waals surface area contributed by atoms with E-state index in [0.717, 1.165) is 32.1 Å². The minimum atomic E-state index is -0.979. The predicted octanol–water partition coefficient (Wildman–Crippen LogP) is 3.08. The van der Waals surface area contributed by atoms with E-state index in [4.69, 9.17) is 0 Å². The van der Waals surface area contributed by atoms with Crippen molar-refractivity contribution in [3.05, 3.63) is 59.4 Å². The summed E-state index contributed by atoms with van der Waals surface area (Å²) in [6.07, 6.45) is 3.11. The Kier molecular flexibility index (Phi) is 4.62. The number of carbonyl (C=O) groups is 1. The number of carbonyl (C=O) groups excluding carboxylic acids is 1. The van der Waals surface area contributed by atoms with Crippen molar-refractivity contribution in [2.75, 3.05) is 18.4 Å². The highest BCUT2D eigenvalue weighted by atomic mass is 19.1. The van der Waals surface area contributed by atoms with E-state index in [1.165, 1.54) is 5.56 Å². The standard InChI is InChI=1S/C17H17F2N3O/c18-13-8-15(19)16(21-10-13)17(23)22-14-5-3-11(4-6-14)12-2-1-7-20-9-12/h3-6,8,10,12,20H,1-2,7,9H2,(H,22,23). The summed E-state index contributed by atoms with van der Waals surface area (Å²) in [7, 11) is 0. The van der Waals surface area contributed by atoms with Gasteiger partial charge in [-0.3, -0.25) is 4.79 Å².